The third-order valence-corrected chi connectivity index (χ3v) is 23.3. The van der Waals surface area contributed by atoms with E-state index >= 15 is 38.0 Å². The number of halogens is 1. The lowest BCUT2D eigenvalue weighted by Gasteiger charge is -2.37. The number of amides is 14. The van der Waals surface area contributed by atoms with Gasteiger partial charge in [0, 0.05) is 90.2 Å². The number of para-hydroxylation sites is 1. The van der Waals surface area contributed by atoms with Crippen molar-refractivity contribution in [1.82, 2.24) is 77.3 Å². The number of thioether (sulfide) groups is 1. The number of phenols is 2. The van der Waals surface area contributed by atoms with Crippen molar-refractivity contribution >= 4 is 111 Å². The highest BCUT2D eigenvalue weighted by atomic mass is 32.2. The fourth-order valence-corrected chi connectivity index (χ4v) is 16.0. The van der Waals surface area contributed by atoms with Gasteiger partial charge in [0.05, 0.1) is 43.9 Å². The van der Waals surface area contributed by atoms with Crippen molar-refractivity contribution in [3.63, 3.8) is 0 Å². The van der Waals surface area contributed by atoms with Crippen LogP contribution in [0, 0.1) is 17.7 Å². The number of fused-ring (bicyclic) bond motifs is 1. The molecule has 1 aromatic heterocycles. The zero-order chi connectivity index (χ0) is 95.2. The van der Waals surface area contributed by atoms with E-state index < -0.39 is 211 Å². The molecule has 37 heteroatoms. The van der Waals surface area contributed by atoms with E-state index in [0.29, 0.717) is 51.6 Å². The fraction of sp³-hybridized carbons (Fsp3) is 0.430. The summed E-state index contributed by atoms with van der Waals surface area (Å²) in [7, 11) is 6.39. The highest BCUT2D eigenvalue weighted by molar-refractivity contribution is 8.00. The zero-order valence-corrected chi connectivity index (χ0v) is 75.3. The first-order chi connectivity index (χ1) is 61.8. The van der Waals surface area contributed by atoms with E-state index in [2.05, 4.69) is 52.8 Å². The Hall–Kier alpha value is -13.3. The molecular formula is C93H119FN16O19S. The Bertz CT molecular complexity index is 5090. The lowest BCUT2D eigenvalue weighted by atomic mass is 9.98. The molecule has 0 radical (unpaired) electrons. The Morgan fingerprint density at radius 2 is 1.03 bits per heavy atom. The number of rotatable bonds is 23. The maximum Gasteiger partial charge on any atom is 0.305 e. The van der Waals surface area contributed by atoms with E-state index in [1.165, 1.54) is 110 Å². The Balaban J connectivity index is 1.22. The van der Waals surface area contributed by atoms with Gasteiger partial charge in [0.15, 0.2) is 0 Å². The molecule has 1 fully saturated rings. The van der Waals surface area contributed by atoms with Crippen LogP contribution in [0.1, 0.15) is 100 Å². The quantitative estimate of drug-likeness (QED) is 0.0437. The lowest BCUT2D eigenvalue weighted by molar-refractivity contribution is -0.151. The maximum atomic E-state index is 15.5. The molecule has 1 saturated heterocycles. The smallest absolute Gasteiger partial charge is 0.305 e. The highest BCUT2D eigenvalue weighted by Gasteiger charge is 2.42. The molecular weight excluding hydrogens is 1700 g/mol. The Morgan fingerprint density at radius 1 is 0.515 bits per heavy atom. The second-order valence-corrected chi connectivity index (χ2v) is 34.4. The molecule has 14 amide bonds. The molecule has 0 aliphatic carbocycles. The first-order valence-electron chi connectivity index (χ1n) is 42.9. The molecule has 1 aliphatic rings. The number of hydrogen-bond donors (Lipinski definition) is 15. The summed E-state index contributed by atoms with van der Waals surface area (Å²) in [6, 6.07) is 23.7. The minimum absolute atomic E-state index is 0.0163. The van der Waals surface area contributed by atoms with Crippen molar-refractivity contribution in [2.24, 2.45) is 17.6 Å². The number of phenolic OH excluding ortho intramolecular Hbond substituents is 2. The topological polar surface area (TPSA) is 503 Å². The number of likely N-dealkylation sites (N-methyl/N-ethyl adjacent to an activating group) is 5. The predicted molar refractivity (Wildman–Crippen MR) is 483 cm³/mol. The molecule has 698 valence electrons. The van der Waals surface area contributed by atoms with Crippen LogP contribution in [0.4, 0.5) is 4.39 Å². The molecule has 2 heterocycles. The number of benzene rings is 6. The Labute approximate surface area is 758 Å². The molecule has 0 spiro atoms. The maximum absolute atomic E-state index is 15.5. The molecule has 12 atom stereocenters. The number of carboxylic acids is 1. The molecule has 12 unspecified atom stereocenters. The lowest BCUT2D eigenvalue weighted by Crippen LogP contribution is -2.61. The predicted octanol–water partition coefficient (Wildman–Crippen LogP) is 2.26. The van der Waals surface area contributed by atoms with Crippen LogP contribution in [-0.2, 0) is 110 Å². The Morgan fingerprint density at radius 3 is 1.62 bits per heavy atom. The number of nitrogens with zero attached hydrogens (tertiary/aromatic N) is 5. The molecule has 16 N–H and O–H groups in total. The number of aliphatic carboxylic acids is 1. The van der Waals surface area contributed by atoms with Crippen LogP contribution >= 0.6 is 11.8 Å². The second kappa shape index (κ2) is 49.3. The third kappa shape index (κ3) is 30.7. The number of H-pyrrole nitrogens is 1. The monoisotopic (exact) mass is 1810 g/mol. The van der Waals surface area contributed by atoms with Crippen molar-refractivity contribution in [1.29, 1.82) is 0 Å². The number of primary amides is 1. The third-order valence-electron chi connectivity index (χ3n) is 22.3. The summed E-state index contributed by atoms with van der Waals surface area (Å²) in [5.41, 5.74) is 8.76. The summed E-state index contributed by atoms with van der Waals surface area (Å²) in [6.45, 7) is 6.07. The van der Waals surface area contributed by atoms with Gasteiger partial charge in [-0.3, -0.25) is 77.2 Å². The SMILES string of the molecule is CCCCC1C(=O)N(C)CC(=O)NC(CC(=O)O)C(=O)NC(C(C)C)C(=O)N(C)C(Cc2cccc(F)c2)C(=O)NC(Cc2ccc(O)cc2)C(=O)N(C)CC(=O)NC(Cc2c[nH]c3ccccc23)C(=O)NC(Cc2ccc(O)cc2)C(O)NC(CC(C)C)C(=O)NC(C(=O)NCC(N)=O)CSCC(=O)NC(Cc2ccccc2)C(=O)N(C)C(Cc2ccccc2)C(=O)N1C. The van der Waals surface area contributed by atoms with Gasteiger partial charge in [-0.2, -0.15) is 0 Å². The van der Waals surface area contributed by atoms with E-state index in [0.717, 1.165) is 48.4 Å². The van der Waals surface area contributed by atoms with Crippen LogP contribution in [0.25, 0.3) is 10.9 Å². The fourth-order valence-electron chi connectivity index (χ4n) is 15.1. The summed E-state index contributed by atoms with van der Waals surface area (Å²) in [6.07, 6.45) is -2.02. The van der Waals surface area contributed by atoms with Gasteiger partial charge in [0.25, 0.3) is 0 Å². The van der Waals surface area contributed by atoms with Crippen LogP contribution < -0.4 is 53.6 Å². The normalized spacial score (nSPS) is 22.5. The summed E-state index contributed by atoms with van der Waals surface area (Å²) in [5, 5.41) is 68.4. The molecule has 35 nitrogen and oxygen atoms in total. The number of aliphatic hydroxyl groups excluding tert-OH is 1. The van der Waals surface area contributed by atoms with Crippen molar-refractivity contribution in [2.75, 3.05) is 66.4 Å². The van der Waals surface area contributed by atoms with Gasteiger partial charge >= 0.3 is 5.97 Å². The number of hydrogen-bond acceptors (Lipinski definition) is 20. The van der Waals surface area contributed by atoms with Gasteiger partial charge in [0.1, 0.15) is 77.9 Å². The van der Waals surface area contributed by atoms with Gasteiger partial charge < -0.3 is 98.2 Å². The number of carboxylic acid groups (broad SMARTS) is 1. The van der Waals surface area contributed by atoms with E-state index in [9.17, 15) is 58.8 Å². The van der Waals surface area contributed by atoms with Gasteiger partial charge in [-0.25, -0.2) is 4.39 Å². The van der Waals surface area contributed by atoms with Crippen LogP contribution in [0.15, 0.2) is 164 Å². The zero-order valence-electron chi connectivity index (χ0n) is 74.5. The standard InChI is InChI=1S/C93H119FN16O19S/c1-11-12-30-74-91(127)107(7)51-79(115)99-70(47-81(117)118)87(123)105-82(55(4)5)93(129)109(9)75(45-60-26-21-27-62(94)40-60)88(124)103-71(43-59-33-37-64(112)38-34-59)89(125)106(6)50-78(114)98-69(46-61-48-96-66-29-20-19-28-65(61)66)86(122)102-68(41-58-31-35-63(111)36-32-58)85(121)101-67(39-54(2)3)84(120)104-73(83(119)97-49-77(95)113)52-130-53-80(116)100-72(42-56-22-15-13-16-23-56)90(126)110(10)76(92(128)108(74)8)44-57-24-17-14-18-25-57/h13-29,31-38,40,48,54-55,67-76,82,85,96,101,111-112,121H,11-12,30,39,41-47,49-53H2,1-10H3,(H2,95,113)(H,97,119)(H,98,114)(H,99,115)(H,100,116)(H,102,122)(H,103,124)(H,104,120)(H,105,123)(H,117,118). The number of unbranched alkanes of at least 4 members (excludes halogenated alkanes) is 1. The largest absolute Gasteiger partial charge is 0.508 e. The summed E-state index contributed by atoms with van der Waals surface area (Å²) in [5.74, 6) is -17.5. The summed E-state index contributed by atoms with van der Waals surface area (Å²) < 4.78 is 15.2. The van der Waals surface area contributed by atoms with E-state index in [1.54, 1.807) is 105 Å². The van der Waals surface area contributed by atoms with Crippen LogP contribution in [0.5, 0.6) is 11.5 Å². The molecule has 0 bridgehead atoms. The first-order valence-corrected chi connectivity index (χ1v) is 44.1. The number of aliphatic hydroxyl groups is 1. The molecule has 6 aromatic carbocycles. The number of aromatic nitrogens is 1. The minimum Gasteiger partial charge on any atom is -0.508 e. The molecule has 1 aliphatic heterocycles. The van der Waals surface area contributed by atoms with Gasteiger partial charge in [-0.1, -0.05) is 163 Å². The van der Waals surface area contributed by atoms with Crippen molar-refractivity contribution in [2.45, 2.75) is 178 Å². The van der Waals surface area contributed by atoms with Crippen molar-refractivity contribution in [3.8, 4) is 11.5 Å². The molecule has 7 aromatic rings. The van der Waals surface area contributed by atoms with Gasteiger partial charge in [-0.05, 0) is 107 Å². The van der Waals surface area contributed by atoms with Gasteiger partial charge in [0.2, 0.25) is 82.7 Å². The summed E-state index contributed by atoms with van der Waals surface area (Å²) in [4.78, 5) is 228. The number of carbonyl (C=O) groups is 15. The van der Waals surface area contributed by atoms with Gasteiger partial charge in [-0.15, -0.1) is 11.8 Å². The molecule has 0 saturated carbocycles. The number of nitrogens with two attached hydrogens (primary N) is 1. The number of aromatic hydroxyl groups is 2. The molecule has 8 rings (SSSR count). The minimum atomic E-state index is -1.95. The van der Waals surface area contributed by atoms with E-state index in [1.807, 2.05) is 6.92 Å². The number of aromatic amines is 1. The number of carbonyl (C=O) groups excluding carboxylic acids is 14. The average Bonchev–Trinajstić information content (AvgIpc) is 1.49. The second-order valence-electron chi connectivity index (χ2n) is 33.4. The number of nitrogens with one attached hydrogen (secondary N) is 10. The van der Waals surface area contributed by atoms with E-state index in [-0.39, 0.29) is 73.7 Å². The summed E-state index contributed by atoms with van der Waals surface area (Å²) >= 11 is 0.838. The first kappa shape index (κ1) is 102. The Kier molecular flexibility index (Phi) is 38.7. The van der Waals surface area contributed by atoms with Crippen LogP contribution in [0.3, 0.4) is 0 Å². The average molecular weight is 1820 g/mol. The van der Waals surface area contributed by atoms with E-state index in [4.69, 9.17) is 5.73 Å². The highest BCUT2D eigenvalue weighted by Crippen LogP contribution is 2.25. The van der Waals surface area contributed by atoms with Crippen molar-refractivity contribution in [3.05, 3.63) is 203 Å². The van der Waals surface area contributed by atoms with Crippen LogP contribution in [-0.4, -0.2) is 278 Å². The molecule has 130 heavy (non-hydrogen) atoms. The van der Waals surface area contributed by atoms with Crippen LogP contribution in [0.2, 0.25) is 0 Å². The van der Waals surface area contributed by atoms with Crippen molar-refractivity contribution < 1.29 is 96.7 Å².